The molecule has 0 bridgehead atoms. The predicted molar refractivity (Wildman–Crippen MR) is 105 cm³/mol. The molecule has 0 saturated carbocycles. The first-order valence-corrected chi connectivity index (χ1v) is 9.67. The van der Waals surface area contributed by atoms with Crippen molar-refractivity contribution in [1.29, 1.82) is 0 Å². The van der Waals surface area contributed by atoms with E-state index in [4.69, 9.17) is 9.15 Å². The minimum Gasteiger partial charge on any atom is -0.472 e. The third-order valence-electron chi connectivity index (χ3n) is 5.11. The first-order chi connectivity index (χ1) is 13.0. The number of carbonyl (C=O) groups excluding carboxylic acids is 1. The van der Waals surface area contributed by atoms with Gasteiger partial charge in [0.25, 0.3) is 0 Å². The Balaban J connectivity index is 1.74. The van der Waals surface area contributed by atoms with Gasteiger partial charge >= 0.3 is 5.97 Å². The summed E-state index contributed by atoms with van der Waals surface area (Å²) in [6.45, 7) is 11.4. The molecule has 1 aliphatic heterocycles. The second-order valence-corrected chi connectivity index (χ2v) is 7.44. The van der Waals surface area contributed by atoms with Crippen LogP contribution in [0.3, 0.4) is 0 Å². The van der Waals surface area contributed by atoms with E-state index in [0.717, 1.165) is 44.0 Å². The fourth-order valence-corrected chi connectivity index (χ4v) is 3.45. The summed E-state index contributed by atoms with van der Waals surface area (Å²) in [6, 6.07) is 4.33. The molecule has 3 heterocycles. The summed E-state index contributed by atoms with van der Waals surface area (Å²) in [4.78, 5) is 21.4. The third-order valence-corrected chi connectivity index (χ3v) is 5.11. The molecule has 2 aromatic rings. The van der Waals surface area contributed by atoms with Crippen molar-refractivity contribution >= 4 is 11.8 Å². The molecule has 146 valence electrons. The van der Waals surface area contributed by atoms with Gasteiger partial charge in [-0.2, -0.15) is 0 Å². The maximum Gasteiger partial charge on any atom is 0.313 e. The molecule has 27 heavy (non-hydrogen) atoms. The average molecular weight is 371 g/mol. The highest BCUT2D eigenvalue weighted by Gasteiger charge is 2.30. The Morgan fingerprint density at radius 3 is 2.93 bits per heavy atom. The molecule has 1 saturated heterocycles. The normalized spacial score (nSPS) is 17.1. The summed E-state index contributed by atoms with van der Waals surface area (Å²) >= 11 is 0. The Bertz CT molecular complexity index is 758. The van der Waals surface area contributed by atoms with Gasteiger partial charge in [0.05, 0.1) is 18.4 Å². The van der Waals surface area contributed by atoms with Gasteiger partial charge in [-0.3, -0.25) is 9.69 Å². The van der Waals surface area contributed by atoms with Crippen LogP contribution in [0.15, 0.2) is 35.3 Å². The molecule has 6 heteroatoms. The maximum atomic E-state index is 12.1. The molecule has 1 atom stereocenters. The highest BCUT2D eigenvalue weighted by molar-refractivity contribution is 5.77. The van der Waals surface area contributed by atoms with E-state index in [1.165, 1.54) is 5.56 Å². The van der Waals surface area contributed by atoms with E-state index in [9.17, 15) is 4.79 Å². The summed E-state index contributed by atoms with van der Waals surface area (Å²) in [5.74, 6) is 0.966. The average Bonchev–Trinajstić information content (AvgIpc) is 3.33. The number of rotatable bonds is 7. The first-order valence-electron chi connectivity index (χ1n) is 9.67. The van der Waals surface area contributed by atoms with Gasteiger partial charge in [0.1, 0.15) is 0 Å². The van der Waals surface area contributed by atoms with E-state index in [0.29, 0.717) is 11.8 Å². The zero-order chi connectivity index (χ0) is 19.4. The molecule has 1 aliphatic rings. The van der Waals surface area contributed by atoms with Crippen LogP contribution >= 0.6 is 0 Å². The Hall–Kier alpha value is -2.34. The van der Waals surface area contributed by atoms with E-state index < -0.39 is 0 Å². The number of hydrogen-bond acceptors (Lipinski definition) is 6. The number of ether oxygens (including phenoxy) is 1. The van der Waals surface area contributed by atoms with Gasteiger partial charge in [-0.15, -0.1) is 0 Å². The number of anilines is 1. The van der Waals surface area contributed by atoms with Crippen LogP contribution in [-0.4, -0.2) is 41.5 Å². The molecule has 0 N–H and O–H groups in total. The fraction of sp³-hybridized carbons (Fsp3) is 0.524. The molecule has 6 nitrogen and oxygen atoms in total. The third kappa shape index (κ3) is 4.50. The number of carbonyl (C=O) groups is 1. The minimum atomic E-state index is -0.224. The standard InChI is InChI=1S/C21H29N3O3/c1-5-23(12-17-8-11-26-14-17)18-7-10-24(13-18)20-19(16(4)6-9-22-20)27-21(25)15(2)3/h6,8-9,11,14-15,18H,5,7,10,12-13H2,1-4H3/t18-/m1/s1. The molecular formula is C21H29N3O3. The zero-order valence-electron chi connectivity index (χ0n) is 16.6. The SMILES string of the molecule is CCN(Cc1ccoc1)[C@@H]1CCN(c2nccc(C)c2OC(=O)C(C)C)C1. The van der Waals surface area contributed by atoms with Crippen LogP contribution in [0.4, 0.5) is 5.82 Å². The van der Waals surface area contributed by atoms with Crippen LogP contribution in [0.1, 0.15) is 38.3 Å². The van der Waals surface area contributed by atoms with Crippen molar-refractivity contribution in [2.24, 2.45) is 5.92 Å². The summed E-state index contributed by atoms with van der Waals surface area (Å²) in [7, 11) is 0. The van der Waals surface area contributed by atoms with E-state index in [-0.39, 0.29) is 11.9 Å². The fourth-order valence-electron chi connectivity index (χ4n) is 3.45. The van der Waals surface area contributed by atoms with Gasteiger partial charge in [-0.05, 0) is 37.6 Å². The van der Waals surface area contributed by atoms with Gasteiger partial charge in [-0.1, -0.05) is 20.8 Å². The number of furan rings is 1. The molecule has 1 fully saturated rings. The van der Waals surface area contributed by atoms with Gasteiger partial charge in [-0.25, -0.2) is 4.98 Å². The second-order valence-electron chi connectivity index (χ2n) is 7.44. The topological polar surface area (TPSA) is 58.8 Å². The van der Waals surface area contributed by atoms with Crippen LogP contribution in [0, 0.1) is 12.8 Å². The highest BCUT2D eigenvalue weighted by Crippen LogP contribution is 2.33. The summed E-state index contributed by atoms with van der Waals surface area (Å²) < 4.78 is 10.9. The lowest BCUT2D eigenvalue weighted by atomic mass is 10.2. The largest absolute Gasteiger partial charge is 0.472 e. The van der Waals surface area contributed by atoms with Crippen molar-refractivity contribution < 1.29 is 13.9 Å². The molecule has 0 aliphatic carbocycles. The van der Waals surface area contributed by atoms with Crippen molar-refractivity contribution in [3.63, 3.8) is 0 Å². The monoisotopic (exact) mass is 371 g/mol. The lowest BCUT2D eigenvalue weighted by Gasteiger charge is -2.28. The van der Waals surface area contributed by atoms with E-state index >= 15 is 0 Å². The molecule has 0 unspecified atom stereocenters. The molecule has 0 amide bonds. The highest BCUT2D eigenvalue weighted by atomic mass is 16.5. The quantitative estimate of drug-likeness (QED) is 0.693. The van der Waals surface area contributed by atoms with Crippen molar-refractivity contribution in [3.8, 4) is 5.75 Å². The molecule has 0 radical (unpaired) electrons. The summed E-state index contributed by atoms with van der Waals surface area (Å²) in [6.07, 6.45) is 6.36. The molecule has 0 aromatic carbocycles. The molecule has 0 spiro atoms. The first kappa shape index (κ1) is 19.4. The predicted octanol–water partition coefficient (Wildman–Crippen LogP) is 3.65. The number of aromatic nitrogens is 1. The van der Waals surface area contributed by atoms with E-state index in [2.05, 4.69) is 21.7 Å². The van der Waals surface area contributed by atoms with Crippen LogP contribution in [0.5, 0.6) is 5.75 Å². The van der Waals surface area contributed by atoms with Gasteiger partial charge in [0, 0.05) is 37.4 Å². The van der Waals surface area contributed by atoms with Gasteiger partial charge in [0.15, 0.2) is 11.6 Å². The minimum absolute atomic E-state index is 0.172. The van der Waals surface area contributed by atoms with Crippen LogP contribution < -0.4 is 9.64 Å². The summed E-state index contributed by atoms with van der Waals surface area (Å²) in [5, 5.41) is 0. The Morgan fingerprint density at radius 2 is 2.26 bits per heavy atom. The lowest BCUT2D eigenvalue weighted by molar-refractivity contribution is -0.137. The molecule has 3 rings (SSSR count). The Kier molecular flexibility index (Phi) is 6.16. The van der Waals surface area contributed by atoms with Crippen LogP contribution in [0.25, 0.3) is 0 Å². The Labute approximate surface area is 161 Å². The number of hydrogen-bond donors (Lipinski definition) is 0. The van der Waals surface area contributed by atoms with Crippen molar-refractivity contribution in [2.45, 2.75) is 46.7 Å². The number of esters is 1. The molecular weight excluding hydrogens is 342 g/mol. The van der Waals surface area contributed by atoms with E-state index in [1.807, 2.05) is 32.9 Å². The van der Waals surface area contributed by atoms with Crippen molar-refractivity contribution in [2.75, 3.05) is 24.5 Å². The lowest BCUT2D eigenvalue weighted by Crippen LogP contribution is -2.37. The van der Waals surface area contributed by atoms with Gasteiger partial charge in [0.2, 0.25) is 0 Å². The smallest absolute Gasteiger partial charge is 0.313 e. The molecule has 2 aromatic heterocycles. The van der Waals surface area contributed by atoms with Crippen LogP contribution in [-0.2, 0) is 11.3 Å². The van der Waals surface area contributed by atoms with E-state index in [1.54, 1.807) is 18.7 Å². The number of pyridine rings is 1. The summed E-state index contributed by atoms with van der Waals surface area (Å²) in [5.41, 5.74) is 2.12. The van der Waals surface area contributed by atoms with Crippen molar-refractivity contribution in [1.82, 2.24) is 9.88 Å². The van der Waals surface area contributed by atoms with Gasteiger partial charge < -0.3 is 14.1 Å². The van der Waals surface area contributed by atoms with Crippen molar-refractivity contribution in [3.05, 3.63) is 42.0 Å². The maximum absolute atomic E-state index is 12.1. The number of aryl methyl sites for hydroxylation is 1. The Morgan fingerprint density at radius 1 is 1.44 bits per heavy atom. The number of likely N-dealkylation sites (N-methyl/N-ethyl adjacent to an activating group) is 1. The number of nitrogens with zero attached hydrogens (tertiary/aromatic N) is 3. The zero-order valence-corrected chi connectivity index (χ0v) is 16.6. The van der Waals surface area contributed by atoms with Crippen LogP contribution in [0.2, 0.25) is 0 Å². The second kappa shape index (κ2) is 8.57.